The Balaban J connectivity index is 1.38. The summed E-state index contributed by atoms with van der Waals surface area (Å²) >= 11 is 0. The van der Waals surface area contributed by atoms with Crippen molar-refractivity contribution in [2.45, 2.75) is 24.3 Å². The van der Waals surface area contributed by atoms with Crippen molar-refractivity contribution in [2.24, 2.45) is 5.92 Å². The van der Waals surface area contributed by atoms with Gasteiger partial charge in [-0.2, -0.15) is 9.29 Å². The number of hydrogen-bond acceptors (Lipinski definition) is 9. The molecule has 5 N–H and O–H groups in total. The molecule has 1 saturated heterocycles. The van der Waals surface area contributed by atoms with Gasteiger partial charge < -0.3 is 21.5 Å². The summed E-state index contributed by atoms with van der Waals surface area (Å²) in [5.41, 5.74) is 13.7. The van der Waals surface area contributed by atoms with Crippen LogP contribution in [0.4, 0.5) is 11.8 Å². The van der Waals surface area contributed by atoms with E-state index in [-0.39, 0.29) is 22.6 Å². The predicted molar refractivity (Wildman–Crippen MR) is 130 cm³/mol. The van der Waals surface area contributed by atoms with Gasteiger partial charge in [0.1, 0.15) is 5.82 Å². The molecule has 2 aromatic heterocycles. The number of piperidine rings is 1. The Morgan fingerprint density at radius 2 is 1.94 bits per heavy atom. The standard InChI is InChI=1S/C23H29N7O3S/c1-33-21-6-2-5-18(28-21)13-26-12-16-4-3-11-30(15-16)34(31,32)19-9-7-17(8-10-19)20-14-27-23(25)29-22(20)24/h2,5-10,14,16,26H,3-4,11-13,15H2,1H3,(H4,24,25,27,29). The van der Waals surface area contributed by atoms with Crippen molar-refractivity contribution in [3.05, 3.63) is 54.4 Å². The Morgan fingerprint density at radius 3 is 2.68 bits per heavy atom. The minimum absolute atomic E-state index is 0.0920. The van der Waals surface area contributed by atoms with E-state index < -0.39 is 10.0 Å². The molecular weight excluding hydrogens is 454 g/mol. The minimum atomic E-state index is -3.60. The molecule has 4 rings (SSSR count). The fourth-order valence-corrected chi connectivity index (χ4v) is 5.63. The van der Waals surface area contributed by atoms with Crippen molar-refractivity contribution in [3.8, 4) is 17.0 Å². The third-order valence-electron chi connectivity index (χ3n) is 5.85. The fourth-order valence-electron chi connectivity index (χ4n) is 4.07. The highest BCUT2D eigenvalue weighted by Crippen LogP contribution is 2.28. The van der Waals surface area contributed by atoms with Crippen LogP contribution in [0.1, 0.15) is 18.5 Å². The topological polar surface area (TPSA) is 149 Å². The summed E-state index contributed by atoms with van der Waals surface area (Å²) in [4.78, 5) is 12.6. The zero-order chi connectivity index (χ0) is 24.1. The molecule has 34 heavy (non-hydrogen) atoms. The fraction of sp³-hybridized carbons (Fsp3) is 0.348. The zero-order valence-corrected chi connectivity index (χ0v) is 19.8. The lowest BCUT2D eigenvalue weighted by molar-refractivity contribution is 0.259. The molecule has 3 aromatic rings. The minimum Gasteiger partial charge on any atom is -0.481 e. The summed E-state index contributed by atoms with van der Waals surface area (Å²) in [7, 11) is -2.01. The van der Waals surface area contributed by atoms with Gasteiger partial charge in [0.05, 0.1) is 17.7 Å². The Morgan fingerprint density at radius 1 is 1.15 bits per heavy atom. The van der Waals surface area contributed by atoms with Crippen LogP contribution in [0.25, 0.3) is 11.1 Å². The molecule has 0 spiro atoms. The van der Waals surface area contributed by atoms with Gasteiger partial charge in [-0.15, -0.1) is 0 Å². The van der Waals surface area contributed by atoms with Gasteiger partial charge in [-0.1, -0.05) is 18.2 Å². The van der Waals surface area contributed by atoms with Crippen molar-refractivity contribution in [2.75, 3.05) is 38.2 Å². The quantitative estimate of drug-likeness (QED) is 0.436. The summed E-state index contributed by atoms with van der Waals surface area (Å²) in [5, 5.41) is 3.40. The first-order valence-corrected chi connectivity index (χ1v) is 12.5. The average molecular weight is 484 g/mol. The van der Waals surface area contributed by atoms with Crippen LogP contribution in [0.2, 0.25) is 0 Å². The van der Waals surface area contributed by atoms with E-state index in [1.807, 2.05) is 12.1 Å². The summed E-state index contributed by atoms with van der Waals surface area (Å²) in [5.74, 6) is 1.14. The van der Waals surface area contributed by atoms with Crippen LogP contribution in [-0.4, -0.2) is 54.4 Å². The molecule has 1 unspecified atom stereocenters. The van der Waals surface area contributed by atoms with E-state index in [0.29, 0.717) is 37.6 Å². The monoisotopic (exact) mass is 483 g/mol. The second-order valence-corrected chi connectivity index (χ2v) is 10.2. The second-order valence-electron chi connectivity index (χ2n) is 8.22. The van der Waals surface area contributed by atoms with E-state index in [1.54, 1.807) is 41.7 Å². The van der Waals surface area contributed by atoms with Crippen molar-refractivity contribution in [1.82, 2.24) is 24.6 Å². The molecule has 1 aliphatic heterocycles. The van der Waals surface area contributed by atoms with Crippen LogP contribution < -0.4 is 21.5 Å². The predicted octanol–water partition coefficient (Wildman–Crippen LogP) is 1.90. The van der Waals surface area contributed by atoms with E-state index in [1.165, 1.54) is 6.20 Å². The smallest absolute Gasteiger partial charge is 0.243 e. The molecule has 0 radical (unpaired) electrons. The SMILES string of the molecule is COc1cccc(CNCC2CCCN(S(=O)(=O)c3ccc(-c4cnc(N)nc4N)cc3)C2)n1. The van der Waals surface area contributed by atoms with E-state index >= 15 is 0 Å². The summed E-state index contributed by atoms with van der Waals surface area (Å²) in [6.07, 6.45) is 3.32. The van der Waals surface area contributed by atoms with Crippen molar-refractivity contribution in [1.29, 1.82) is 0 Å². The highest BCUT2D eigenvalue weighted by Gasteiger charge is 2.30. The van der Waals surface area contributed by atoms with Gasteiger partial charge in [0.15, 0.2) is 0 Å². The van der Waals surface area contributed by atoms with E-state index in [0.717, 1.165) is 24.1 Å². The number of aromatic nitrogens is 3. The molecule has 0 amide bonds. The summed E-state index contributed by atoms with van der Waals surface area (Å²) < 4.78 is 33.3. The number of nitrogen functional groups attached to an aromatic ring is 2. The van der Waals surface area contributed by atoms with Gasteiger partial charge in [-0.05, 0) is 49.1 Å². The normalized spacial score (nSPS) is 16.9. The number of anilines is 2. The summed E-state index contributed by atoms with van der Waals surface area (Å²) in [6.45, 7) is 2.29. The maximum absolute atomic E-state index is 13.3. The van der Waals surface area contributed by atoms with Gasteiger partial charge in [-0.3, -0.25) is 0 Å². The first kappa shape index (κ1) is 23.9. The van der Waals surface area contributed by atoms with Crippen molar-refractivity contribution in [3.63, 3.8) is 0 Å². The first-order valence-electron chi connectivity index (χ1n) is 11.1. The molecule has 180 valence electrons. The highest BCUT2D eigenvalue weighted by atomic mass is 32.2. The van der Waals surface area contributed by atoms with Crippen molar-refractivity contribution >= 4 is 21.8 Å². The second kappa shape index (κ2) is 10.3. The number of nitrogens with two attached hydrogens (primary N) is 2. The van der Waals surface area contributed by atoms with Crippen LogP contribution in [0, 0.1) is 5.92 Å². The molecule has 11 heteroatoms. The van der Waals surface area contributed by atoms with Crippen molar-refractivity contribution < 1.29 is 13.2 Å². The number of hydrogen-bond donors (Lipinski definition) is 3. The Kier molecular flexibility index (Phi) is 7.25. The number of benzene rings is 1. The van der Waals surface area contributed by atoms with Gasteiger partial charge in [0.25, 0.3) is 0 Å². The van der Waals surface area contributed by atoms with Gasteiger partial charge in [0.2, 0.25) is 21.9 Å². The number of sulfonamides is 1. The number of ether oxygens (including phenoxy) is 1. The Labute approximate surface area is 199 Å². The number of methoxy groups -OCH3 is 1. The molecule has 0 bridgehead atoms. The lowest BCUT2D eigenvalue weighted by Crippen LogP contribution is -2.42. The molecule has 3 heterocycles. The molecule has 10 nitrogen and oxygen atoms in total. The van der Waals surface area contributed by atoms with Crippen LogP contribution in [0.3, 0.4) is 0 Å². The highest BCUT2D eigenvalue weighted by molar-refractivity contribution is 7.89. The van der Waals surface area contributed by atoms with E-state index in [2.05, 4.69) is 20.3 Å². The Hall–Kier alpha value is -3.28. The molecule has 1 aromatic carbocycles. The number of pyridine rings is 1. The maximum atomic E-state index is 13.3. The lowest BCUT2D eigenvalue weighted by atomic mass is 10.00. The average Bonchev–Trinajstić information content (AvgIpc) is 2.84. The van der Waals surface area contributed by atoms with Gasteiger partial charge >= 0.3 is 0 Å². The third kappa shape index (κ3) is 5.44. The molecule has 1 fully saturated rings. The number of rotatable bonds is 8. The van der Waals surface area contributed by atoms with Crippen LogP contribution in [0.5, 0.6) is 5.88 Å². The molecule has 0 saturated carbocycles. The molecular formula is C23H29N7O3S. The Bertz CT molecular complexity index is 1240. The summed E-state index contributed by atoms with van der Waals surface area (Å²) in [6, 6.07) is 12.2. The number of nitrogens with zero attached hydrogens (tertiary/aromatic N) is 4. The van der Waals surface area contributed by atoms with E-state index in [4.69, 9.17) is 16.2 Å². The van der Waals surface area contributed by atoms with E-state index in [9.17, 15) is 8.42 Å². The van der Waals surface area contributed by atoms with Crippen LogP contribution in [-0.2, 0) is 16.6 Å². The number of nitrogens with one attached hydrogen (secondary N) is 1. The first-order chi connectivity index (χ1) is 16.4. The maximum Gasteiger partial charge on any atom is 0.243 e. The third-order valence-corrected chi connectivity index (χ3v) is 7.73. The van der Waals surface area contributed by atoms with Gasteiger partial charge in [-0.25, -0.2) is 18.4 Å². The molecule has 0 aliphatic carbocycles. The lowest BCUT2D eigenvalue weighted by Gasteiger charge is -2.32. The van der Waals surface area contributed by atoms with Crippen LogP contribution >= 0.6 is 0 Å². The zero-order valence-electron chi connectivity index (χ0n) is 19.0. The van der Waals surface area contributed by atoms with Gasteiger partial charge in [0, 0.05) is 37.5 Å². The molecule has 1 atom stereocenters. The largest absolute Gasteiger partial charge is 0.481 e. The van der Waals surface area contributed by atoms with Crippen LogP contribution in [0.15, 0.2) is 53.6 Å². The molecule has 1 aliphatic rings.